The molecule has 0 unspecified atom stereocenters. The fraction of sp³-hybridized carbons (Fsp3) is 0.400. The van der Waals surface area contributed by atoms with Crippen LogP contribution in [-0.2, 0) is 12.7 Å². The zero-order chi connectivity index (χ0) is 12.3. The van der Waals surface area contributed by atoms with E-state index in [0.717, 1.165) is 12.1 Å². The lowest BCUT2D eigenvalue weighted by Gasteiger charge is -2.13. The summed E-state index contributed by atoms with van der Waals surface area (Å²) >= 11 is 0. The highest BCUT2D eigenvalue weighted by molar-refractivity contribution is 5.27. The Morgan fingerprint density at radius 1 is 1.25 bits per heavy atom. The summed E-state index contributed by atoms with van der Waals surface area (Å²) in [6, 6.07) is 2.96. The smallest absolute Gasteiger partial charge is 0.251 e. The average molecular weight is 236 g/mol. The summed E-state index contributed by atoms with van der Waals surface area (Å²) in [5.41, 5.74) is 1.95. The van der Waals surface area contributed by atoms with Crippen molar-refractivity contribution in [2.45, 2.75) is 12.7 Å². The van der Waals surface area contributed by atoms with Gasteiger partial charge in [-0.2, -0.15) is 13.2 Å². The third kappa shape index (κ3) is 3.46. The van der Waals surface area contributed by atoms with Gasteiger partial charge < -0.3 is 0 Å². The lowest BCUT2D eigenvalue weighted by Crippen LogP contribution is -2.29. The number of benzene rings is 1. The molecule has 0 aromatic heterocycles. The van der Waals surface area contributed by atoms with E-state index in [4.69, 9.17) is 0 Å². The molecular formula is C10H12F4N2. The lowest BCUT2D eigenvalue weighted by molar-refractivity contribution is -0.140. The molecule has 16 heavy (non-hydrogen) atoms. The second-order valence-corrected chi connectivity index (χ2v) is 3.54. The summed E-state index contributed by atoms with van der Waals surface area (Å²) in [7, 11) is 3.43. The number of hydrogen-bond donors (Lipinski definition) is 1. The van der Waals surface area contributed by atoms with E-state index >= 15 is 0 Å². The number of nitrogens with zero attached hydrogens (tertiary/aromatic N) is 1. The highest BCUT2D eigenvalue weighted by Crippen LogP contribution is 2.31. The SMILES string of the molecule is CN(C)NCc1ccc(F)c(C(F)(F)F)c1. The normalized spacial score (nSPS) is 12.2. The molecule has 0 aliphatic heterocycles. The Balaban J connectivity index is 2.90. The van der Waals surface area contributed by atoms with Crippen LogP contribution in [0.1, 0.15) is 11.1 Å². The first kappa shape index (κ1) is 12.9. The molecule has 0 spiro atoms. The van der Waals surface area contributed by atoms with Crippen LogP contribution in [0.5, 0.6) is 0 Å². The summed E-state index contributed by atoms with van der Waals surface area (Å²) < 4.78 is 50.0. The van der Waals surface area contributed by atoms with Gasteiger partial charge in [0.15, 0.2) is 0 Å². The Labute approximate surface area is 90.8 Å². The van der Waals surface area contributed by atoms with Crippen molar-refractivity contribution < 1.29 is 17.6 Å². The summed E-state index contributed by atoms with van der Waals surface area (Å²) in [4.78, 5) is 0. The molecule has 1 N–H and O–H groups in total. The Morgan fingerprint density at radius 2 is 1.88 bits per heavy atom. The van der Waals surface area contributed by atoms with Gasteiger partial charge in [-0.15, -0.1) is 0 Å². The number of alkyl halides is 3. The van der Waals surface area contributed by atoms with Gasteiger partial charge in [0, 0.05) is 20.6 Å². The third-order valence-corrected chi connectivity index (χ3v) is 1.94. The monoisotopic (exact) mass is 236 g/mol. The topological polar surface area (TPSA) is 15.3 Å². The molecule has 0 radical (unpaired) electrons. The third-order valence-electron chi connectivity index (χ3n) is 1.94. The Bertz CT molecular complexity index is 360. The maximum absolute atomic E-state index is 12.9. The average Bonchev–Trinajstić information content (AvgIpc) is 2.14. The molecule has 1 aromatic rings. The summed E-state index contributed by atoms with van der Waals surface area (Å²) in [6.45, 7) is 0.219. The van der Waals surface area contributed by atoms with Crippen molar-refractivity contribution in [2.75, 3.05) is 14.1 Å². The van der Waals surface area contributed by atoms with Crippen LogP contribution in [-0.4, -0.2) is 19.1 Å². The predicted octanol–water partition coefficient (Wildman–Crippen LogP) is 2.41. The molecule has 2 nitrogen and oxygen atoms in total. The maximum atomic E-state index is 12.9. The number of hydrogen-bond acceptors (Lipinski definition) is 2. The van der Waals surface area contributed by atoms with Crippen molar-refractivity contribution in [3.05, 3.63) is 35.1 Å². The second-order valence-electron chi connectivity index (χ2n) is 3.54. The lowest BCUT2D eigenvalue weighted by atomic mass is 10.1. The molecule has 0 atom stereocenters. The van der Waals surface area contributed by atoms with Crippen LogP contribution in [0.4, 0.5) is 17.6 Å². The molecule has 90 valence electrons. The van der Waals surface area contributed by atoms with Gasteiger partial charge in [-0.05, 0) is 17.7 Å². The molecule has 6 heteroatoms. The van der Waals surface area contributed by atoms with Crippen molar-refractivity contribution in [2.24, 2.45) is 0 Å². The predicted molar refractivity (Wildman–Crippen MR) is 51.9 cm³/mol. The van der Waals surface area contributed by atoms with Crippen molar-refractivity contribution in [1.82, 2.24) is 10.4 Å². The van der Waals surface area contributed by atoms with Gasteiger partial charge in [0.05, 0.1) is 5.56 Å². The number of hydrazine groups is 1. The van der Waals surface area contributed by atoms with Crippen LogP contribution >= 0.6 is 0 Å². The molecule has 0 aliphatic rings. The summed E-state index contributed by atoms with van der Waals surface area (Å²) in [5, 5.41) is 1.61. The highest BCUT2D eigenvalue weighted by atomic mass is 19.4. The van der Waals surface area contributed by atoms with Crippen molar-refractivity contribution in [3.8, 4) is 0 Å². The number of rotatable bonds is 3. The van der Waals surface area contributed by atoms with Crippen LogP contribution in [0.2, 0.25) is 0 Å². The fourth-order valence-corrected chi connectivity index (χ4v) is 1.15. The number of nitrogens with one attached hydrogen (secondary N) is 1. The van der Waals surface area contributed by atoms with Crippen molar-refractivity contribution in [3.63, 3.8) is 0 Å². The number of halogens is 4. The van der Waals surface area contributed by atoms with Gasteiger partial charge in [0.1, 0.15) is 5.82 Å². The molecular weight excluding hydrogens is 224 g/mol. The van der Waals surface area contributed by atoms with E-state index in [0.29, 0.717) is 5.56 Å². The minimum absolute atomic E-state index is 0.219. The minimum Gasteiger partial charge on any atom is -0.251 e. The summed E-state index contributed by atoms with van der Waals surface area (Å²) in [5.74, 6) is -1.25. The first-order valence-electron chi connectivity index (χ1n) is 4.57. The van der Waals surface area contributed by atoms with E-state index in [1.165, 1.54) is 6.07 Å². The quantitative estimate of drug-likeness (QED) is 0.640. The molecule has 1 rings (SSSR count). The van der Waals surface area contributed by atoms with Gasteiger partial charge in [-0.3, -0.25) is 10.4 Å². The first-order chi connectivity index (χ1) is 7.30. The first-order valence-corrected chi connectivity index (χ1v) is 4.57. The van der Waals surface area contributed by atoms with E-state index in [1.54, 1.807) is 19.1 Å². The van der Waals surface area contributed by atoms with E-state index in [1.807, 2.05) is 0 Å². The zero-order valence-electron chi connectivity index (χ0n) is 8.90. The molecule has 0 bridgehead atoms. The van der Waals surface area contributed by atoms with Crippen LogP contribution in [0, 0.1) is 5.82 Å². The van der Waals surface area contributed by atoms with Gasteiger partial charge in [-0.25, -0.2) is 4.39 Å². The van der Waals surface area contributed by atoms with Crippen molar-refractivity contribution >= 4 is 0 Å². The molecule has 0 heterocycles. The standard InChI is InChI=1S/C10H12F4N2/c1-16(2)15-6-7-3-4-9(11)8(5-7)10(12,13)14/h3-5,15H,6H2,1-2H3. The molecule has 0 aliphatic carbocycles. The van der Waals surface area contributed by atoms with E-state index in [-0.39, 0.29) is 6.54 Å². The molecule has 1 aromatic carbocycles. The van der Waals surface area contributed by atoms with Gasteiger partial charge in [0.25, 0.3) is 0 Å². The Hall–Kier alpha value is -1.14. The molecule has 0 fully saturated rings. The van der Waals surface area contributed by atoms with E-state index in [2.05, 4.69) is 5.43 Å². The van der Waals surface area contributed by atoms with Crippen LogP contribution in [0.25, 0.3) is 0 Å². The van der Waals surface area contributed by atoms with Crippen LogP contribution in [0.15, 0.2) is 18.2 Å². The van der Waals surface area contributed by atoms with Crippen LogP contribution in [0.3, 0.4) is 0 Å². The second kappa shape index (κ2) is 4.80. The molecule has 0 saturated heterocycles. The Morgan fingerprint density at radius 3 is 2.38 bits per heavy atom. The van der Waals surface area contributed by atoms with E-state index in [9.17, 15) is 17.6 Å². The minimum atomic E-state index is -4.65. The van der Waals surface area contributed by atoms with Crippen molar-refractivity contribution in [1.29, 1.82) is 0 Å². The largest absolute Gasteiger partial charge is 0.419 e. The fourth-order valence-electron chi connectivity index (χ4n) is 1.15. The Kier molecular flexibility index (Phi) is 3.88. The molecule has 0 saturated carbocycles. The van der Waals surface area contributed by atoms with E-state index < -0.39 is 17.6 Å². The van der Waals surface area contributed by atoms with Crippen LogP contribution < -0.4 is 5.43 Å². The van der Waals surface area contributed by atoms with Gasteiger partial charge in [0.2, 0.25) is 0 Å². The zero-order valence-corrected chi connectivity index (χ0v) is 8.90. The summed E-state index contributed by atoms with van der Waals surface area (Å²) in [6.07, 6.45) is -4.65. The van der Waals surface area contributed by atoms with Gasteiger partial charge >= 0.3 is 6.18 Å². The molecule has 0 amide bonds. The van der Waals surface area contributed by atoms with Gasteiger partial charge in [-0.1, -0.05) is 6.07 Å². The maximum Gasteiger partial charge on any atom is 0.419 e. The highest BCUT2D eigenvalue weighted by Gasteiger charge is 2.34.